The monoisotopic (exact) mass is 487 g/mol. The Kier molecular flexibility index (Phi) is 8.16. The number of esters is 1. The number of sulfonamides is 1. The summed E-state index contributed by atoms with van der Waals surface area (Å²) in [6.45, 7) is 5.45. The van der Waals surface area contributed by atoms with Crippen LogP contribution in [-0.2, 0) is 24.3 Å². The molecule has 1 saturated heterocycles. The van der Waals surface area contributed by atoms with Crippen molar-refractivity contribution in [1.29, 1.82) is 0 Å². The topological polar surface area (TPSA) is 123 Å². The number of aromatic nitrogens is 1. The summed E-state index contributed by atoms with van der Waals surface area (Å²) in [7, 11) is -3.66. The Morgan fingerprint density at radius 1 is 1.06 bits per heavy atom. The van der Waals surface area contributed by atoms with Crippen LogP contribution >= 0.6 is 0 Å². The predicted octanol–water partition coefficient (Wildman–Crippen LogP) is 2.89. The molecule has 0 saturated carbocycles. The lowest BCUT2D eigenvalue weighted by atomic mass is 9.98. The Labute approximate surface area is 199 Å². The predicted molar refractivity (Wildman–Crippen MR) is 126 cm³/mol. The first kappa shape index (κ1) is 25.5. The SMILES string of the molecule is CC(C)C(=O)Nc1ccc(C(=O)C(C)OC(=O)C2CCN(S(=O)(=O)c3cccnc3)CC2)cc1. The van der Waals surface area contributed by atoms with Gasteiger partial charge in [0.15, 0.2) is 6.10 Å². The van der Waals surface area contributed by atoms with Crippen LogP contribution in [0.1, 0.15) is 44.0 Å². The van der Waals surface area contributed by atoms with E-state index in [1.165, 1.54) is 29.7 Å². The fourth-order valence-corrected chi connectivity index (χ4v) is 4.98. The molecule has 0 spiro atoms. The molecule has 1 aromatic carbocycles. The van der Waals surface area contributed by atoms with Crippen LogP contribution in [0.25, 0.3) is 0 Å². The first-order chi connectivity index (χ1) is 16.1. The summed E-state index contributed by atoms with van der Waals surface area (Å²) in [5.41, 5.74) is 0.938. The maximum Gasteiger partial charge on any atom is 0.309 e. The number of anilines is 1. The van der Waals surface area contributed by atoms with E-state index in [9.17, 15) is 22.8 Å². The zero-order chi connectivity index (χ0) is 24.9. The van der Waals surface area contributed by atoms with Crippen molar-refractivity contribution in [3.63, 3.8) is 0 Å². The van der Waals surface area contributed by atoms with Crippen LogP contribution in [-0.4, -0.2) is 54.6 Å². The van der Waals surface area contributed by atoms with E-state index in [1.807, 2.05) is 0 Å². The molecule has 3 rings (SSSR count). The van der Waals surface area contributed by atoms with Crippen molar-refractivity contribution in [2.45, 2.75) is 44.6 Å². The van der Waals surface area contributed by atoms with Crippen LogP contribution < -0.4 is 5.32 Å². The van der Waals surface area contributed by atoms with Crippen LogP contribution in [0.5, 0.6) is 0 Å². The van der Waals surface area contributed by atoms with Crippen LogP contribution in [0.2, 0.25) is 0 Å². The maximum atomic E-state index is 12.7. The lowest BCUT2D eigenvalue weighted by Gasteiger charge is -2.30. The van der Waals surface area contributed by atoms with Gasteiger partial charge in [0.25, 0.3) is 0 Å². The zero-order valence-corrected chi connectivity index (χ0v) is 20.2. The van der Waals surface area contributed by atoms with Crippen LogP contribution in [0.15, 0.2) is 53.7 Å². The smallest absolute Gasteiger partial charge is 0.309 e. The Morgan fingerprint density at radius 2 is 1.71 bits per heavy atom. The number of Topliss-reactive ketones (excluding diaryl/α,β-unsaturated/α-hetero) is 1. The quantitative estimate of drug-likeness (QED) is 0.449. The van der Waals surface area contributed by atoms with Gasteiger partial charge in [-0.1, -0.05) is 13.8 Å². The number of hydrogen-bond acceptors (Lipinski definition) is 7. The van der Waals surface area contributed by atoms with Crippen LogP contribution in [0.4, 0.5) is 5.69 Å². The third-order valence-electron chi connectivity index (χ3n) is 5.68. The molecule has 10 heteroatoms. The number of nitrogens with one attached hydrogen (secondary N) is 1. The van der Waals surface area contributed by atoms with Gasteiger partial charge in [-0.05, 0) is 56.2 Å². The normalized spacial score (nSPS) is 16.1. The minimum absolute atomic E-state index is 0.116. The highest BCUT2D eigenvalue weighted by molar-refractivity contribution is 7.89. The molecule has 1 atom stereocenters. The molecule has 182 valence electrons. The molecular weight excluding hydrogens is 458 g/mol. The summed E-state index contributed by atoms with van der Waals surface area (Å²) in [4.78, 5) is 41.1. The number of amides is 1. The Hall–Kier alpha value is -3.11. The van der Waals surface area contributed by atoms with Gasteiger partial charge in [0, 0.05) is 42.7 Å². The van der Waals surface area contributed by atoms with Gasteiger partial charge in [0.2, 0.25) is 21.7 Å². The van der Waals surface area contributed by atoms with Gasteiger partial charge in [-0.2, -0.15) is 4.31 Å². The van der Waals surface area contributed by atoms with Crippen molar-refractivity contribution in [2.75, 3.05) is 18.4 Å². The molecule has 9 nitrogen and oxygen atoms in total. The van der Waals surface area contributed by atoms with Gasteiger partial charge in [-0.25, -0.2) is 8.42 Å². The van der Waals surface area contributed by atoms with Crippen LogP contribution in [0, 0.1) is 11.8 Å². The third kappa shape index (κ3) is 6.06. The van der Waals surface area contributed by atoms with E-state index in [4.69, 9.17) is 4.74 Å². The summed E-state index contributed by atoms with van der Waals surface area (Å²) in [5.74, 6) is -1.64. The summed E-state index contributed by atoms with van der Waals surface area (Å²) in [5, 5.41) is 2.75. The van der Waals surface area contributed by atoms with E-state index in [2.05, 4.69) is 10.3 Å². The van der Waals surface area contributed by atoms with E-state index in [-0.39, 0.29) is 35.6 Å². The lowest BCUT2D eigenvalue weighted by molar-refractivity contribution is -0.152. The van der Waals surface area contributed by atoms with E-state index < -0.39 is 28.0 Å². The Morgan fingerprint density at radius 3 is 2.26 bits per heavy atom. The number of hydrogen-bond donors (Lipinski definition) is 1. The molecule has 1 aromatic heterocycles. The molecule has 1 amide bonds. The van der Waals surface area contributed by atoms with Gasteiger partial charge >= 0.3 is 5.97 Å². The molecule has 2 heterocycles. The Balaban J connectivity index is 1.53. The summed E-state index contributed by atoms with van der Waals surface area (Å²) >= 11 is 0. The Bertz CT molecular complexity index is 1130. The van der Waals surface area contributed by atoms with Crippen molar-refractivity contribution < 1.29 is 27.5 Å². The van der Waals surface area contributed by atoms with Gasteiger partial charge in [-0.15, -0.1) is 0 Å². The molecule has 34 heavy (non-hydrogen) atoms. The largest absolute Gasteiger partial charge is 0.454 e. The molecule has 1 N–H and O–H groups in total. The number of nitrogens with zero attached hydrogens (tertiary/aromatic N) is 2. The number of piperidine rings is 1. The lowest BCUT2D eigenvalue weighted by Crippen LogP contribution is -2.41. The fraction of sp³-hybridized carbons (Fsp3) is 0.417. The fourth-order valence-electron chi connectivity index (χ4n) is 3.54. The van der Waals surface area contributed by atoms with Crippen molar-refractivity contribution in [3.05, 3.63) is 54.4 Å². The number of benzene rings is 1. The van der Waals surface area contributed by atoms with Crippen molar-refractivity contribution in [2.24, 2.45) is 11.8 Å². The molecule has 1 aliphatic heterocycles. The van der Waals surface area contributed by atoms with Gasteiger partial charge in [0.05, 0.1) is 5.92 Å². The second-order valence-electron chi connectivity index (χ2n) is 8.53. The summed E-state index contributed by atoms with van der Waals surface area (Å²) in [6, 6.07) is 9.45. The van der Waals surface area contributed by atoms with Gasteiger partial charge in [0.1, 0.15) is 4.90 Å². The summed E-state index contributed by atoms with van der Waals surface area (Å²) in [6.07, 6.45) is 2.43. The van der Waals surface area contributed by atoms with Crippen molar-refractivity contribution in [1.82, 2.24) is 9.29 Å². The average molecular weight is 488 g/mol. The van der Waals surface area contributed by atoms with Crippen molar-refractivity contribution in [3.8, 4) is 0 Å². The zero-order valence-electron chi connectivity index (χ0n) is 19.4. The summed E-state index contributed by atoms with van der Waals surface area (Å²) < 4.78 is 32.1. The molecule has 1 unspecified atom stereocenters. The highest BCUT2D eigenvalue weighted by Crippen LogP contribution is 2.25. The minimum atomic E-state index is -3.66. The van der Waals surface area contributed by atoms with E-state index in [1.54, 1.807) is 44.2 Å². The third-order valence-corrected chi connectivity index (χ3v) is 7.57. The maximum absolute atomic E-state index is 12.7. The van der Waals surface area contributed by atoms with Crippen molar-refractivity contribution >= 4 is 33.4 Å². The highest BCUT2D eigenvalue weighted by atomic mass is 32.2. The first-order valence-corrected chi connectivity index (χ1v) is 12.6. The molecule has 2 aromatic rings. The molecular formula is C24H29N3O6S. The van der Waals surface area contributed by atoms with E-state index >= 15 is 0 Å². The highest BCUT2D eigenvalue weighted by Gasteiger charge is 2.34. The number of ketones is 1. The molecule has 0 aliphatic carbocycles. The van der Waals surface area contributed by atoms with Gasteiger partial charge in [-0.3, -0.25) is 19.4 Å². The molecule has 1 aliphatic rings. The average Bonchev–Trinajstić information content (AvgIpc) is 2.84. The van der Waals surface area contributed by atoms with E-state index in [0.717, 1.165) is 0 Å². The molecule has 1 fully saturated rings. The first-order valence-electron chi connectivity index (χ1n) is 11.2. The number of ether oxygens (including phenoxy) is 1. The van der Waals surface area contributed by atoms with E-state index in [0.29, 0.717) is 24.1 Å². The second kappa shape index (κ2) is 10.9. The van der Waals surface area contributed by atoms with Crippen LogP contribution in [0.3, 0.4) is 0 Å². The standard InChI is InChI=1S/C24H29N3O6S/c1-16(2)23(29)26-20-8-6-18(7-9-20)22(28)17(3)33-24(30)19-10-13-27(14-11-19)34(31,32)21-5-4-12-25-15-21/h4-9,12,15-17,19H,10-11,13-14H2,1-3H3,(H,26,29). The molecule has 0 bridgehead atoms. The minimum Gasteiger partial charge on any atom is -0.454 e. The number of carbonyl (C=O) groups is 3. The number of pyridine rings is 1. The number of carbonyl (C=O) groups excluding carboxylic acids is 3. The van der Waals surface area contributed by atoms with Gasteiger partial charge < -0.3 is 10.1 Å². The molecule has 0 radical (unpaired) electrons. The number of rotatable bonds is 8. The second-order valence-corrected chi connectivity index (χ2v) is 10.5.